The van der Waals surface area contributed by atoms with Gasteiger partial charge in [0.15, 0.2) is 0 Å². The highest BCUT2D eigenvalue weighted by Gasteiger charge is 2.05. The molecule has 3 N–H and O–H groups in total. The van der Waals surface area contributed by atoms with Crippen LogP contribution in [0, 0.1) is 0 Å². The molecular weight excluding hydrogens is 200 g/mol. The van der Waals surface area contributed by atoms with Crippen molar-refractivity contribution in [3.63, 3.8) is 0 Å². The Morgan fingerprint density at radius 1 is 1.19 bits per heavy atom. The maximum absolute atomic E-state index is 9.53. The predicted molar refractivity (Wildman–Crippen MR) is 68.4 cm³/mol. The van der Waals surface area contributed by atoms with Gasteiger partial charge in [-0.1, -0.05) is 19.9 Å². The normalized spacial score (nSPS) is 10.9. The summed E-state index contributed by atoms with van der Waals surface area (Å²) in [6, 6.07) is 5.50. The Kier molecular flexibility index (Phi) is 5.12. The molecule has 3 nitrogen and oxygen atoms in total. The number of rotatable bonds is 6. The summed E-state index contributed by atoms with van der Waals surface area (Å²) in [6.07, 6.45) is 2.31. The molecule has 90 valence electrons. The summed E-state index contributed by atoms with van der Waals surface area (Å²) in [4.78, 5) is 2.39. The highest BCUT2D eigenvalue weighted by Crippen LogP contribution is 2.21. The smallest absolute Gasteiger partial charge is 0.138 e. The third-order valence-electron chi connectivity index (χ3n) is 2.58. The first-order valence-electron chi connectivity index (χ1n) is 5.97. The summed E-state index contributed by atoms with van der Waals surface area (Å²) >= 11 is 0. The Labute approximate surface area is 97.9 Å². The van der Waals surface area contributed by atoms with Crippen molar-refractivity contribution >= 4 is 5.69 Å². The van der Waals surface area contributed by atoms with E-state index in [-0.39, 0.29) is 5.75 Å². The third-order valence-corrected chi connectivity index (χ3v) is 2.58. The lowest BCUT2D eigenvalue weighted by atomic mass is 10.1. The van der Waals surface area contributed by atoms with Gasteiger partial charge in [-0.25, -0.2) is 0 Å². The fourth-order valence-corrected chi connectivity index (χ4v) is 1.85. The Bertz CT molecular complexity index is 320. The van der Waals surface area contributed by atoms with Crippen LogP contribution < -0.4 is 5.73 Å². The predicted octanol–water partition coefficient (Wildman–Crippen LogP) is 2.60. The molecule has 1 rings (SSSR count). The lowest BCUT2D eigenvalue weighted by molar-refractivity contribution is 0.266. The molecule has 0 radical (unpaired) electrons. The van der Waals surface area contributed by atoms with Gasteiger partial charge in [0.25, 0.3) is 0 Å². The van der Waals surface area contributed by atoms with Crippen molar-refractivity contribution in [2.45, 2.75) is 33.2 Å². The van der Waals surface area contributed by atoms with Crippen molar-refractivity contribution in [3.05, 3.63) is 23.8 Å². The minimum absolute atomic E-state index is 0.186. The fourth-order valence-electron chi connectivity index (χ4n) is 1.85. The molecule has 0 amide bonds. The van der Waals surface area contributed by atoms with Gasteiger partial charge in [-0.2, -0.15) is 0 Å². The molecule has 0 atom stereocenters. The number of phenols is 1. The Hall–Kier alpha value is -1.22. The number of nitrogens with two attached hydrogens (primary N) is 1. The quantitative estimate of drug-likeness (QED) is 0.574. The number of hydrogen-bond donors (Lipinski definition) is 2. The molecular formula is C13H22N2O. The first-order valence-corrected chi connectivity index (χ1v) is 5.97. The van der Waals surface area contributed by atoms with Gasteiger partial charge in [0.05, 0.1) is 5.69 Å². The van der Waals surface area contributed by atoms with Crippen LogP contribution in [-0.2, 0) is 6.54 Å². The molecule has 0 bridgehead atoms. The summed E-state index contributed by atoms with van der Waals surface area (Å²) in [5, 5.41) is 9.53. The third kappa shape index (κ3) is 3.74. The largest absolute Gasteiger partial charge is 0.506 e. The van der Waals surface area contributed by atoms with Crippen LogP contribution >= 0.6 is 0 Å². The second-order valence-corrected chi connectivity index (χ2v) is 4.17. The maximum Gasteiger partial charge on any atom is 0.138 e. The molecule has 0 aliphatic rings. The molecule has 0 heterocycles. The number of aromatic hydroxyl groups is 1. The lowest BCUT2D eigenvalue weighted by Crippen LogP contribution is -2.24. The number of benzene rings is 1. The number of hydrogen-bond acceptors (Lipinski definition) is 3. The lowest BCUT2D eigenvalue weighted by Gasteiger charge is -2.21. The van der Waals surface area contributed by atoms with Crippen LogP contribution in [0.3, 0.4) is 0 Å². The zero-order valence-electron chi connectivity index (χ0n) is 10.2. The molecule has 0 saturated carbocycles. The molecule has 0 aliphatic heterocycles. The van der Waals surface area contributed by atoms with Crippen molar-refractivity contribution < 1.29 is 5.11 Å². The van der Waals surface area contributed by atoms with Crippen LogP contribution in [0.4, 0.5) is 5.69 Å². The summed E-state index contributed by atoms with van der Waals surface area (Å²) in [5.74, 6) is 0.186. The van der Waals surface area contributed by atoms with E-state index in [1.54, 1.807) is 12.1 Å². The second-order valence-electron chi connectivity index (χ2n) is 4.17. The molecule has 0 unspecified atom stereocenters. The molecule has 3 heteroatoms. The second kappa shape index (κ2) is 6.38. The average molecular weight is 222 g/mol. The van der Waals surface area contributed by atoms with E-state index in [1.165, 1.54) is 0 Å². The van der Waals surface area contributed by atoms with E-state index in [0.29, 0.717) is 5.69 Å². The van der Waals surface area contributed by atoms with E-state index in [4.69, 9.17) is 5.73 Å². The minimum atomic E-state index is 0.186. The zero-order valence-corrected chi connectivity index (χ0v) is 10.2. The van der Waals surface area contributed by atoms with Crippen LogP contribution in [0.25, 0.3) is 0 Å². The van der Waals surface area contributed by atoms with Crippen molar-refractivity contribution in [1.29, 1.82) is 0 Å². The standard InChI is InChI=1S/C13H22N2O/c1-3-7-15(8-4-2)10-11-5-6-12(14)13(16)9-11/h5-6,9,16H,3-4,7-8,10,14H2,1-2H3. The van der Waals surface area contributed by atoms with Gasteiger partial charge < -0.3 is 10.8 Å². The van der Waals surface area contributed by atoms with E-state index in [1.807, 2.05) is 6.07 Å². The van der Waals surface area contributed by atoms with Crippen LogP contribution in [0.5, 0.6) is 5.75 Å². The molecule has 0 spiro atoms. The van der Waals surface area contributed by atoms with Gasteiger partial charge >= 0.3 is 0 Å². The van der Waals surface area contributed by atoms with Gasteiger partial charge in [-0.15, -0.1) is 0 Å². The highest BCUT2D eigenvalue weighted by atomic mass is 16.3. The van der Waals surface area contributed by atoms with E-state index in [2.05, 4.69) is 18.7 Å². The average Bonchev–Trinajstić information content (AvgIpc) is 2.24. The van der Waals surface area contributed by atoms with Gasteiger partial charge in [0.1, 0.15) is 5.75 Å². The van der Waals surface area contributed by atoms with Crippen molar-refractivity contribution in [2.24, 2.45) is 0 Å². The number of anilines is 1. The van der Waals surface area contributed by atoms with Crippen molar-refractivity contribution in [1.82, 2.24) is 4.90 Å². The van der Waals surface area contributed by atoms with Gasteiger partial charge in [-0.3, -0.25) is 4.90 Å². The van der Waals surface area contributed by atoms with Crippen LogP contribution in [0.2, 0.25) is 0 Å². The van der Waals surface area contributed by atoms with E-state index in [9.17, 15) is 5.11 Å². The molecule has 0 fully saturated rings. The summed E-state index contributed by atoms with van der Waals surface area (Å²) in [6.45, 7) is 7.44. The fraction of sp³-hybridized carbons (Fsp3) is 0.538. The molecule has 16 heavy (non-hydrogen) atoms. The topological polar surface area (TPSA) is 49.5 Å². The number of nitrogens with zero attached hydrogens (tertiary/aromatic N) is 1. The van der Waals surface area contributed by atoms with Gasteiger partial charge in [0.2, 0.25) is 0 Å². The Morgan fingerprint density at radius 3 is 2.31 bits per heavy atom. The maximum atomic E-state index is 9.53. The molecule has 1 aromatic carbocycles. The summed E-state index contributed by atoms with van der Waals surface area (Å²) in [7, 11) is 0. The Morgan fingerprint density at radius 2 is 1.81 bits per heavy atom. The van der Waals surface area contributed by atoms with Crippen LogP contribution in [0.1, 0.15) is 32.3 Å². The Balaban J connectivity index is 2.65. The zero-order chi connectivity index (χ0) is 12.0. The molecule has 0 aliphatic carbocycles. The van der Waals surface area contributed by atoms with Gasteiger partial charge in [0, 0.05) is 6.54 Å². The molecule has 0 aromatic heterocycles. The van der Waals surface area contributed by atoms with E-state index < -0.39 is 0 Å². The van der Waals surface area contributed by atoms with Crippen molar-refractivity contribution in [3.8, 4) is 5.75 Å². The first-order chi connectivity index (χ1) is 7.67. The number of nitrogen functional groups attached to an aromatic ring is 1. The van der Waals surface area contributed by atoms with E-state index >= 15 is 0 Å². The SMILES string of the molecule is CCCN(CCC)Cc1ccc(N)c(O)c1. The number of phenolic OH excluding ortho intramolecular Hbond substituents is 1. The van der Waals surface area contributed by atoms with Crippen LogP contribution in [-0.4, -0.2) is 23.1 Å². The molecule has 1 aromatic rings. The van der Waals surface area contributed by atoms with Gasteiger partial charge in [-0.05, 0) is 43.6 Å². The van der Waals surface area contributed by atoms with Crippen molar-refractivity contribution in [2.75, 3.05) is 18.8 Å². The highest BCUT2D eigenvalue weighted by molar-refractivity contribution is 5.52. The van der Waals surface area contributed by atoms with Crippen LogP contribution in [0.15, 0.2) is 18.2 Å². The van der Waals surface area contributed by atoms with E-state index in [0.717, 1.165) is 38.0 Å². The summed E-state index contributed by atoms with van der Waals surface area (Å²) < 4.78 is 0. The monoisotopic (exact) mass is 222 g/mol. The first kappa shape index (κ1) is 12.8. The summed E-state index contributed by atoms with van der Waals surface area (Å²) in [5.41, 5.74) is 7.14. The molecule has 0 saturated heterocycles. The minimum Gasteiger partial charge on any atom is -0.506 e.